The Kier molecular flexibility index (Phi) is 4.65. The van der Waals surface area contributed by atoms with Crippen LogP contribution >= 0.6 is 11.8 Å². The van der Waals surface area contributed by atoms with Gasteiger partial charge in [-0.1, -0.05) is 30.0 Å². The number of furan rings is 1. The van der Waals surface area contributed by atoms with Gasteiger partial charge < -0.3 is 4.42 Å². The minimum absolute atomic E-state index is 0.277. The number of aryl methyl sites for hydroxylation is 1. The van der Waals surface area contributed by atoms with Crippen molar-refractivity contribution in [3.63, 3.8) is 0 Å². The van der Waals surface area contributed by atoms with Crippen LogP contribution in [0.25, 0.3) is 22.7 Å². The molecule has 0 atom stereocenters. The van der Waals surface area contributed by atoms with Crippen molar-refractivity contribution in [2.45, 2.75) is 17.8 Å². The van der Waals surface area contributed by atoms with Crippen LogP contribution in [-0.2, 0) is 5.75 Å². The van der Waals surface area contributed by atoms with E-state index in [4.69, 9.17) is 4.42 Å². The van der Waals surface area contributed by atoms with Gasteiger partial charge in [-0.15, -0.1) is 10.2 Å². The lowest BCUT2D eigenvalue weighted by molar-refractivity contribution is 0.535. The first-order chi connectivity index (χ1) is 15.2. The number of nitrogens with one attached hydrogen (secondary N) is 1. The molecule has 0 aliphatic rings. The molecule has 0 aliphatic heterocycles. The van der Waals surface area contributed by atoms with Crippen LogP contribution in [-0.4, -0.2) is 29.4 Å². The van der Waals surface area contributed by atoms with E-state index in [1.165, 1.54) is 28.5 Å². The third-order valence-corrected chi connectivity index (χ3v) is 5.73. The van der Waals surface area contributed by atoms with E-state index < -0.39 is 0 Å². The highest BCUT2D eigenvalue weighted by Gasteiger charge is 2.19. The second-order valence-corrected chi connectivity index (χ2v) is 7.64. The molecule has 10 heteroatoms. The van der Waals surface area contributed by atoms with E-state index in [0.29, 0.717) is 33.6 Å². The Morgan fingerprint density at radius 2 is 2.06 bits per heavy atom. The summed E-state index contributed by atoms with van der Waals surface area (Å²) >= 11 is 1.41. The van der Waals surface area contributed by atoms with Gasteiger partial charge in [0, 0.05) is 23.7 Å². The average Bonchev–Trinajstić information content (AvgIpc) is 3.50. The van der Waals surface area contributed by atoms with E-state index in [2.05, 4.69) is 20.3 Å². The normalized spacial score (nSPS) is 11.1. The van der Waals surface area contributed by atoms with E-state index in [1.54, 1.807) is 6.26 Å². The molecule has 0 saturated heterocycles. The zero-order chi connectivity index (χ0) is 21.4. The maximum absolute atomic E-state index is 12.4. The third-order valence-electron chi connectivity index (χ3n) is 4.77. The molecule has 1 aromatic carbocycles. The number of aromatic amines is 1. The largest absolute Gasteiger partial charge is 0.469 e. The Morgan fingerprint density at radius 3 is 2.81 bits per heavy atom. The monoisotopic (exact) mass is 429 g/mol. The Morgan fingerprint density at radius 1 is 1.23 bits per heavy atom. The minimum Gasteiger partial charge on any atom is -0.469 e. The van der Waals surface area contributed by atoms with Crippen LogP contribution in [0.1, 0.15) is 17.0 Å². The van der Waals surface area contributed by atoms with Crippen LogP contribution in [0.5, 0.6) is 0 Å². The van der Waals surface area contributed by atoms with Crippen molar-refractivity contribution in [2.75, 3.05) is 0 Å². The first-order valence-electron chi connectivity index (χ1n) is 9.34. The minimum atomic E-state index is -0.277. The topological polar surface area (TPSA) is 118 Å². The van der Waals surface area contributed by atoms with Crippen molar-refractivity contribution in [3.05, 3.63) is 82.3 Å². The zero-order valence-corrected chi connectivity index (χ0v) is 17.1. The number of nitrogens with zero attached hydrogens (tertiary/aromatic N) is 6. The second kappa shape index (κ2) is 7.62. The fourth-order valence-electron chi connectivity index (χ4n) is 3.29. The van der Waals surface area contributed by atoms with E-state index in [0.717, 1.165) is 17.0 Å². The number of aromatic nitrogens is 6. The summed E-state index contributed by atoms with van der Waals surface area (Å²) in [5.41, 5.74) is 2.66. The van der Waals surface area contributed by atoms with Gasteiger partial charge in [0.2, 0.25) is 0 Å². The highest BCUT2D eigenvalue weighted by molar-refractivity contribution is 7.98. The Labute approximate surface area is 180 Å². The summed E-state index contributed by atoms with van der Waals surface area (Å²) in [7, 11) is 0. The van der Waals surface area contributed by atoms with Crippen molar-refractivity contribution in [1.82, 2.24) is 29.4 Å². The molecule has 0 bridgehead atoms. The molecule has 31 heavy (non-hydrogen) atoms. The number of thioether (sulfide) groups is 1. The third kappa shape index (κ3) is 3.31. The van der Waals surface area contributed by atoms with Crippen LogP contribution in [0.15, 0.2) is 69.3 Å². The van der Waals surface area contributed by atoms with E-state index in [-0.39, 0.29) is 5.56 Å². The standard InChI is InChI=1S/C21H15N7O2S/c1-13-17(7-8-30-13)20-25-26-21(27(20)16-5-3-2-4-6-16)31-12-15-9-18(29)28-19(24-15)14(10-22)11-23-28/h2-9,11,23H,12H2,1H3. The number of para-hydroxylation sites is 1. The maximum Gasteiger partial charge on any atom is 0.272 e. The molecule has 5 rings (SSSR count). The number of fused-ring (bicyclic) bond motifs is 1. The van der Waals surface area contributed by atoms with Gasteiger partial charge in [-0.05, 0) is 25.1 Å². The van der Waals surface area contributed by atoms with Gasteiger partial charge in [-0.3, -0.25) is 14.5 Å². The van der Waals surface area contributed by atoms with Crippen LogP contribution < -0.4 is 5.56 Å². The van der Waals surface area contributed by atoms with Crippen LogP contribution in [0.3, 0.4) is 0 Å². The fraction of sp³-hybridized carbons (Fsp3) is 0.0952. The molecule has 1 N–H and O–H groups in total. The van der Waals surface area contributed by atoms with Gasteiger partial charge in [-0.2, -0.15) is 5.26 Å². The fourth-order valence-corrected chi connectivity index (χ4v) is 4.13. The molecular formula is C21H15N7O2S. The molecule has 9 nitrogen and oxygen atoms in total. The van der Waals surface area contributed by atoms with E-state index >= 15 is 0 Å². The van der Waals surface area contributed by atoms with Gasteiger partial charge in [-0.25, -0.2) is 9.50 Å². The molecular weight excluding hydrogens is 414 g/mol. The Balaban J connectivity index is 1.54. The van der Waals surface area contributed by atoms with Crippen molar-refractivity contribution >= 4 is 17.4 Å². The molecule has 4 heterocycles. The lowest BCUT2D eigenvalue weighted by Crippen LogP contribution is -2.15. The number of nitriles is 1. The number of rotatable bonds is 5. The predicted octanol–water partition coefficient (Wildman–Crippen LogP) is 3.34. The highest BCUT2D eigenvalue weighted by Crippen LogP contribution is 2.31. The van der Waals surface area contributed by atoms with Gasteiger partial charge >= 0.3 is 0 Å². The Hall–Kier alpha value is -4.10. The molecule has 0 fully saturated rings. The quantitative estimate of drug-likeness (QED) is 0.426. The predicted molar refractivity (Wildman–Crippen MR) is 114 cm³/mol. The Bertz CT molecular complexity index is 1490. The van der Waals surface area contributed by atoms with Gasteiger partial charge in [0.15, 0.2) is 16.6 Å². The molecule has 0 radical (unpaired) electrons. The first-order valence-corrected chi connectivity index (χ1v) is 10.3. The molecule has 152 valence electrons. The highest BCUT2D eigenvalue weighted by atomic mass is 32.2. The number of hydrogen-bond acceptors (Lipinski definition) is 7. The zero-order valence-electron chi connectivity index (χ0n) is 16.3. The van der Waals surface area contributed by atoms with Gasteiger partial charge in [0.05, 0.1) is 17.5 Å². The van der Waals surface area contributed by atoms with Crippen molar-refractivity contribution in [1.29, 1.82) is 5.26 Å². The number of H-pyrrole nitrogens is 1. The summed E-state index contributed by atoms with van der Waals surface area (Å²) in [5, 5.41) is 21.4. The smallest absolute Gasteiger partial charge is 0.272 e. The van der Waals surface area contributed by atoms with Crippen molar-refractivity contribution in [2.24, 2.45) is 0 Å². The second-order valence-electron chi connectivity index (χ2n) is 6.70. The average molecular weight is 429 g/mol. The van der Waals surface area contributed by atoms with Crippen LogP contribution in [0.4, 0.5) is 0 Å². The molecule has 0 spiro atoms. The molecule has 4 aromatic heterocycles. The molecule has 0 aliphatic carbocycles. The summed E-state index contributed by atoms with van der Waals surface area (Å²) in [6, 6.07) is 15.1. The summed E-state index contributed by atoms with van der Waals surface area (Å²) in [6.45, 7) is 1.88. The van der Waals surface area contributed by atoms with Crippen LogP contribution in [0.2, 0.25) is 0 Å². The SMILES string of the molecule is Cc1occc1-c1nnc(SCc2cc(=O)n3[nH]cc(C#N)c3n2)n1-c1ccccc1. The van der Waals surface area contributed by atoms with E-state index in [9.17, 15) is 10.1 Å². The number of hydrogen-bond donors (Lipinski definition) is 1. The summed E-state index contributed by atoms with van der Waals surface area (Å²) < 4.78 is 8.65. The lowest BCUT2D eigenvalue weighted by Gasteiger charge is -2.09. The summed E-state index contributed by atoms with van der Waals surface area (Å²) in [6.07, 6.45) is 3.09. The maximum atomic E-state index is 12.4. The summed E-state index contributed by atoms with van der Waals surface area (Å²) in [5.74, 6) is 1.80. The molecule has 5 aromatic rings. The van der Waals surface area contributed by atoms with Gasteiger partial charge in [0.1, 0.15) is 17.4 Å². The van der Waals surface area contributed by atoms with E-state index in [1.807, 2.05) is 54.0 Å². The van der Waals surface area contributed by atoms with Crippen molar-refractivity contribution < 1.29 is 4.42 Å². The summed E-state index contributed by atoms with van der Waals surface area (Å²) in [4.78, 5) is 16.8. The molecule has 0 unspecified atom stereocenters. The lowest BCUT2D eigenvalue weighted by atomic mass is 10.2. The van der Waals surface area contributed by atoms with Gasteiger partial charge in [0.25, 0.3) is 5.56 Å². The molecule has 0 amide bonds. The first kappa shape index (κ1) is 18.9. The molecule has 0 saturated carbocycles. The van der Waals surface area contributed by atoms with Crippen LogP contribution in [0, 0.1) is 18.3 Å². The van der Waals surface area contributed by atoms with Crippen molar-refractivity contribution in [3.8, 4) is 23.1 Å². The number of benzene rings is 1.